The molecule has 0 bridgehead atoms. The summed E-state index contributed by atoms with van der Waals surface area (Å²) in [6.07, 6.45) is 0. The van der Waals surface area contributed by atoms with Gasteiger partial charge in [0.25, 0.3) is 5.91 Å². The molecule has 1 aromatic heterocycles. The molecule has 0 aliphatic heterocycles. The van der Waals surface area contributed by atoms with E-state index in [1.165, 1.54) is 5.56 Å². The highest BCUT2D eigenvalue weighted by molar-refractivity contribution is 5.96. The molecule has 2 N–H and O–H groups in total. The molecule has 118 valence electrons. The lowest BCUT2D eigenvalue weighted by Gasteiger charge is -2.18. The van der Waals surface area contributed by atoms with Crippen molar-refractivity contribution in [3.63, 3.8) is 0 Å². The van der Waals surface area contributed by atoms with Crippen LogP contribution < -0.4 is 5.48 Å². The van der Waals surface area contributed by atoms with E-state index in [-0.39, 0.29) is 5.41 Å². The third-order valence-corrected chi connectivity index (χ3v) is 3.75. The number of fused-ring (bicyclic) bond motifs is 1. The molecule has 0 aliphatic rings. The maximum Gasteiger partial charge on any atom is 0.274 e. The smallest absolute Gasteiger partial charge is 0.274 e. The van der Waals surface area contributed by atoms with Crippen LogP contribution in [0.5, 0.6) is 0 Å². The molecule has 5 nitrogen and oxygen atoms in total. The van der Waals surface area contributed by atoms with E-state index in [1.54, 1.807) is 23.7 Å². The Balaban J connectivity index is 1.98. The van der Waals surface area contributed by atoms with Crippen molar-refractivity contribution in [1.82, 2.24) is 10.5 Å². The van der Waals surface area contributed by atoms with Gasteiger partial charge in [0, 0.05) is 11.1 Å². The van der Waals surface area contributed by atoms with Gasteiger partial charge in [0.15, 0.2) is 5.58 Å². The third-order valence-electron chi connectivity index (χ3n) is 3.75. The van der Waals surface area contributed by atoms with E-state index in [2.05, 4.69) is 37.9 Å². The lowest BCUT2D eigenvalue weighted by molar-refractivity contribution is 0.0706. The van der Waals surface area contributed by atoms with Gasteiger partial charge in [-0.3, -0.25) is 10.0 Å². The lowest BCUT2D eigenvalue weighted by atomic mass is 9.87. The summed E-state index contributed by atoms with van der Waals surface area (Å²) in [6.45, 7) is 6.49. The highest BCUT2D eigenvalue weighted by Gasteiger charge is 2.15. The molecule has 0 saturated heterocycles. The fourth-order valence-corrected chi connectivity index (χ4v) is 2.37. The van der Waals surface area contributed by atoms with Gasteiger partial charge >= 0.3 is 0 Å². The normalized spacial score (nSPS) is 11.7. The van der Waals surface area contributed by atoms with Crippen molar-refractivity contribution in [1.29, 1.82) is 0 Å². The van der Waals surface area contributed by atoms with E-state index in [9.17, 15) is 4.79 Å². The summed E-state index contributed by atoms with van der Waals surface area (Å²) in [5.41, 5.74) is 5.28. The first-order valence-corrected chi connectivity index (χ1v) is 7.34. The van der Waals surface area contributed by atoms with Gasteiger partial charge in [0.05, 0.1) is 0 Å². The SMILES string of the molecule is CC(C)(C)c1ccc(-c2nc3ccc(C(=O)NO)cc3o2)cc1. The molecule has 0 aliphatic carbocycles. The van der Waals surface area contributed by atoms with Crippen LogP contribution >= 0.6 is 0 Å². The fourth-order valence-electron chi connectivity index (χ4n) is 2.37. The van der Waals surface area contributed by atoms with Crippen LogP contribution in [0.2, 0.25) is 0 Å². The Morgan fingerprint density at radius 3 is 2.43 bits per heavy atom. The number of aromatic nitrogens is 1. The maximum absolute atomic E-state index is 11.4. The third kappa shape index (κ3) is 2.96. The van der Waals surface area contributed by atoms with Crippen molar-refractivity contribution in [2.75, 3.05) is 0 Å². The first kappa shape index (κ1) is 15.2. The van der Waals surface area contributed by atoms with Gasteiger partial charge in [-0.05, 0) is 41.3 Å². The maximum atomic E-state index is 11.4. The molecule has 0 atom stereocenters. The second kappa shape index (κ2) is 5.52. The van der Waals surface area contributed by atoms with Crippen molar-refractivity contribution < 1.29 is 14.4 Å². The monoisotopic (exact) mass is 310 g/mol. The summed E-state index contributed by atoms with van der Waals surface area (Å²) in [5.74, 6) is -0.0820. The number of nitrogens with zero attached hydrogens (tertiary/aromatic N) is 1. The highest BCUT2D eigenvalue weighted by atomic mass is 16.5. The van der Waals surface area contributed by atoms with Crippen LogP contribution in [0.25, 0.3) is 22.6 Å². The molecule has 1 heterocycles. The Bertz CT molecular complexity index is 858. The average molecular weight is 310 g/mol. The minimum absolute atomic E-state index is 0.0897. The van der Waals surface area contributed by atoms with Gasteiger partial charge in [-0.25, -0.2) is 10.5 Å². The minimum Gasteiger partial charge on any atom is -0.436 e. The van der Waals surface area contributed by atoms with Crippen molar-refractivity contribution in [2.24, 2.45) is 0 Å². The molecule has 23 heavy (non-hydrogen) atoms. The first-order valence-electron chi connectivity index (χ1n) is 7.34. The molecule has 5 heteroatoms. The number of oxazole rings is 1. The number of hydrogen-bond acceptors (Lipinski definition) is 4. The predicted molar refractivity (Wildman–Crippen MR) is 87.4 cm³/mol. The van der Waals surface area contributed by atoms with Crippen molar-refractivity contribution in [3.05, 3.63) is 53.6 Å². The number of rotatable bonds is 2. The van der Waals surface area contributed by atoms with Crippen molar-refractivity contribution >= 4 is 17.0 Å². The van der Waals surface area contributed by atoms with Crippen LogP contribution in [-0.4, -0.2) is 16.1 Å². The van der Waals surface area contributed by atoms with Gasteiger partial charge in [-0.15, -0.1) is 0 Å². The van der Waals surface area contributed by atoms with Crippen LogP contribution in [0.15, 0.2) is 46.9 Å². The van der Waals surface area contributed by atoms with E-state index < -0.39 is 5.91 Å². The second-order valence-corrected chi connectivity index (χ2v) is 6.47. The van der Waals surface area contributed by atoms with Crippen LogP contribution in [0, 0.1) is 0 Å². The zero-order valence-corrected chi connectivity index (χ0v) is 13.3. The Morgan fingerprint density at radius 2 is 1.83 bits per heavy atom. The van der Waals surface area contributed by atoms with Gasteiger partial charge in [-0.1, -0.05) is 32.9 Å². The number of amides is 1. The van der Waals surface area contributed by atoms with E-state index in [1.807, 2.05) is 12.1 Å². The molecule has 0 radical (unpaired) electrons. The molecular formula is C18H18N2O3. The van der Waals surface area contributed by atoms with Gasteiger partial charge in [-0.2, -0.15) is 0 Å². The molecule has 0 unspecified atom stereocenters. The number of carbonyl (C=O) groups is 1. The van der Waals surface area contributed by atoms with Crippen LogP contribution in [0.4, 0.5) is 0 Å². The Morgan fingerprint density at radius 1 is 1.13 bits per heavy atom. The molecule has 0 spiro atoms. The van der Waals surface area contributed by atoms with Gasteiger partial charge in [0.2, 0.25) is 5.89 Å². The van der Waals surface area contributed by atoms with E-state index >= 15 is 0 Å². The van der Waals surface area contributed by atoms with E-state index in [0.29, 0.717) is 22.6 Å². The molecule has 0 fully saturated rings. The van der Waals surface area contributed by atoms with Crippen molar-refractivity contribution in [3.8, 4) is 11.5 Å². The largest absolute Gasteiger partial charge is 0.436 e. The van der Waals surface area contributed by atoms with Crippen LogP contribution in [0.3, 0.4) is 0 Å². The van der Waals surface area contributed by atoms with Crippen molar-refractivity contribution in [2.45, 2.75) is 26.2 Å². The molecule has 1 amide bonds. The number of hydroxylamine groups is 1. The molecular weight excluding hydrogens is 292 g/mol. The predicted octanol–water partition coefficient (Wildman–Crippen LogP) is 3.91. The molecule has 3 rings (SSSR count). The molecule has 3 aromatic rings. The van der Waals surface area contributed by atoms with E-state index in [4.69, 9.17) is 9.62 Å². The fraction of sp³-hybridized carbons (Fsp3) is 0.222. The average Bonchev–Trinajstić information content (AvgIpc) is 2.96. The first-order chi connectivity index (χ1) is 10.9. The summed E-state index contributed by atoms with van der Waals surface area (Å²) >= 11 is 0. The van der Waals surface area contributed by atoms with Crippen LogP contribution in [-0.2, 0) is 5.41 Å². The summed E-state index contributed by atoms with van der Waals surface area (Å²) < 4.78 is 5.74. The Hall–Kier alpha value is -2.66. The molecule has 0 saturated carbocycles. The highest BCUT2D eigenvalue weighted by Crippen LogP contribution is 2.28. The number of benzene rings is 2. The number of nitrogens with one attached hydrogen (secondary N) is 1. The quantitative estimate of drug-likeness (QED) is 0.556. The zero-order chi connectivity index (χ0) is 16.6. The summed E-state index contributed by atoms with van der Waals surface area (Å²) in [4.78, 5) is 15.9. The Kier molecular flexibility index (Phi) is 3.66. The summed E-state index contributed by atoms with van der Waals surface area (Å²) in [6, 6.07) is 12.9. The topological polar surface area (TPSA) is 75.4 Å². The van der Waals surface area contributed by atoms with Gasteiger partial charge in [0.1, 0.15) is 5.52 Å². The zero-order valence-electron chi connectivity index (χ0n) is 13.3. The van der Waals surface area contributed by atoms with Gasteiger partial charge < -0.3 is 4.42 Å². The molecule has 2 aromatic carbocycles. The lowest BCUT2D eigenvalue weighted by Crippen LogP contribution is -2.18. The number of hydrogen-bond donors (Lipinski definition) is 2. The van der Waals surface area contributed by atoms with Crippen LogP contribution in [0.1, 0.15) is 36.7 Å². The second-order valence-electron chi connectivity index (χ2n) is 6.47. The van der Waals surface area contributed by atoms with E-state index in [0.717, 1.165) is 5.56 Å². The minimum atomic E-state index is -0.584. The Labute approximate surface area is 133 Å². The standard InChI is InChI=1S/C18H18N2O3/c1-18(2,3)13-7-4-11(5-8-13)17-19-14-9-6-12(16(21)20-22)10-15(14)23-17/h4-10,22H,1-3H3,(H,20,21). The summed E-state index contributed by atoms with van der Waals surface area (Å²) in [5, 5.41) is 8.69. The number of carbonyl (C=O) groups excluding carboxylic acids is 1. The summed E-state index contributed by atoms with van der Waals surface area (Å²) in [7, 11) is 0.